The average molecular weight is 252 g/mol. The zero-order valence-electron chi connectivity index (χ0n) is 11.3. The molecule has 0 aromatic rings. The Balaban J connectivity index is 2.36. The van der Waals surface area contributed by atoms with E-state index in [0.717, 1.165) is 12.7 Å². The number of methoxy groups -OCH3 is 1. The highest BCUT2D eigenvalue weighted by Crippen LogP contribution is 2.32. The minimum atomic E-state index is 0.336. The molecular formula is C15H24O3. The lowest BCUT2D eigenvalue weighted by Crippen LogP contribution is -2.10. The molecule has 18 heavy (non-hydrogen) atoms. The summed E-state index contributed by atoms with van der Waals surface area (Å²) in [6.07, 6.45) is 13.9. The molecule has 0 saturated heterocycles. The average Bonchev–Trinajstić information content (AvgIpc) is 2.41. The monoisotopic (exact) mass is 252 g/mol. The predicted molar refractivity (Wildman–Crippen MR) is 72.3 cm³/mol. The SMILES string of the molecule is COCOC/C=C/C=C1\CCCCC1CCC=O. The Kier molecular flexibility index (Phi) is 8.43. The first-order valence-electron chi connectivity index (χ1n) is 6.74. The van der Waals surface area contributed by atoms with Crippen molar-refractivity contribution in [2.75, 3.05) is 20.5 Å². The first-order valence-corrected chi connectivity index (χ1v) is 6.74. The van der Waals surface area contributed by atoms with Crippen LogP contribution in [-0.2, 0) is 14.3 Å². The summed E-state index contributed by atoms with van der Waals surface area (Å²) in [5.74, 6) is 0.605. The fraction of sp³-hybridized carbons (Fsp3) is 0.667. The van der Waals surface area contributed by atoms with Gasteiger partial charge in [-0.05, 0) is 31.6 Å². The Morgan fingerprint density at radius 3 is 3.06 bits per heavy atom. The summed E-state index contributed by atoms with van der Waals surface area (Å²) in [7, 11) is 1.62. The van der Waals surface area contributed by atoms with Crippen molar-refractivity contribution < 1.29 is 14.3 Å². The summed E-state index contributed by atoms with van der Waals surface area (Å²) in [5, 5.41) is 0. The highest BCUT2D eigenvalue weighted by molar-refractivity contribution is 5.49. The zero-order valence-corrected chi connectivity index (χ0v) is 11.3. The number of hydrogen-bond donors (Lipinski definition) is 0. The van der Waals surface area contributed by atoms with Gasteiger partial charge in [0.05, 0.1) is 6.61 Å². The molecule has 102 valence electrons. The Hall–Kier alpha value is -0.930. The molecule has 3 nitrogen and oxygen atoms in total. The summed E-state index contributed by atoms with van der Waals surface area (Å²) in [6, 6.07) is 0. The van der Waals surface area contributed by atoms with Crippen LogP contribution in [-0.4, -0.2) is 26.8 Å². The second kappa shape index (κ2) is 10.0. The molecule has 0 aromatic carbocycles. The molecule has 1 aliphatic carbocycles. The molecule has 3 heteroatoms. The van der Waals surface area contributed by atoms with Crippen LogP contribution in [0.1, 0.15) is 38.5 Å². The third kappa shape index (κ3) is 6.12. The van der Waals surface area contributed by atoms with Gasteiger partial charge < -0.3 is 14.3 Å². The molecule has 1 fully saturated rings. The maximum atomic E-state index is 10.5. The molecule has 1 atom stereocenters. The molecule has 1 aliphatic rings. The second-order valence-electron chi connectivity index (χ2n) is 4.63. The van der Waals surface area contributed by atoms with E-state index in [2.05, 4.69) is 12.2 Å². The number of rotatable bonds is 8. The summed E-state index contributed by atoms with van der Waals surface area (Å²) in [5.41, 5.74) is 1.49. The van der Waals surface area contributed by atoms with Crippen molar-refractivity contribution in [3.63, 3.8) is 0 Å². The van der Waals surface area contributed by atoms with Gasteiger partial charge >= 0.3 is 0 Å². The van der Waals surface area contributed by atoms with E-state index in [1.54, 1.807) is 7.11 Å². The smallest absolute Gasteiger partial charge is 0.146 e. The minimum Gasteiger partial charge on any atom is -0.359 e. The van der Waals surface area contributed by atoms with Crippen LogP contribution in [0.2, 0.25) is 0 Å². The van der Waals surface area contributed by atoms with E-state index in [0.29, 0.717) is 25.7 Å². The summed E-state index contributed by atoms with van der Waals surface area (Å²) in [4.78, 5) is 10.5. The van der Waals surface area contributed by atoms with Crippen LogP contribution in [0, 0.1) is 5.92 Å². The van der Waals surface area contributed by atoms with Crippen molar-refractivity contribution in [3.8, 4) is 0 Å². The van der Waals surface area contributed by atoms with E-state index in [4.69, 9.17) is 9.47 Å². The first-order chi connectivity index (χ1) is 8.88. The number of ether oxygens (including phenoxy) is 2. The molecular weight excluding hydrogens is 228 g/mol. The lowest BCUT2D eigenvalue weighted by atomic mass is 9.81. The van der Waals surface area contributed by atoms with Gasteiger partial charge in [-0.3, -0.25) is 0 Å². The first kappa shape index (κ1) is 15.1. The molecule has 0 heterocycles. The topological polar surface area (TPSA) is 35.5 Å². The van der Waals surface area contributed by atoms with Crippen LogP contribution < -0.4 is 0 Å². The van der Waals surface area contributed by atoms with Gasteiger partial charge in [0.15, 0.2) is 0 Å². The van der Waals surface area contributed by atoms with E-state index >= 15 is 0 Å². The quantitative estimate of drug-likeness (QED) is 0.378. The highest BCUT2D eigenvalue weighted by Gasteiger charge is 2.17. The number of aldehydes is 1. The maximum Gasteiger partial charge on any atom is 0.146 e. The van der Waals surface area contributed by atoms with E-state index < -0.39 is 0 Å². The van der Waals surface area contributed by atoms with Crippen LogP contribution in [0.4, 0.5) is 0 Å². The van der Waals surface area contributed by atoms with Gasteiger partial charge in [0.25, 0.3) is 0 Å². The molecule has 0 bridgehead atoms. The molecule has 0 aliphatic heterocycles. The Labute approximate surface area is 110 Å². The van der Waals surface area contributed by atoms with Gasteiger partial charge in [-0.2, -0.15) is 0 Å². The third-order valence-corrected chi connectivity index (χ3v) is 3.29. The van der Waals surface area contributed by atoms with Crippen molar-refractivity contribution in [2.24, 2.45) is 5.92 Å². The molecule has 0 N–H and O–H groups in total. The Bertz CT molecular complexity index is 281. The fourth-order valence-electron chi connectivity index (χ4n) is 2.37. The van der Waals surface area contributed by atoms with Crippen LogP contribution in [0.15, 0.2) is 23.8 Å². The van der Waals surface area contributed by atoms with E-state index in [1.165, 1.54) is 31.3 Å². The van der Waals surface area contributed by atoms with Crippen LogP contribution in [0.3, 0.4) is 0 Å². The molecule has 0 aromatic heterocycles. The number of hydrogen-bond acceptors (Lipinski definition) is 3. The predicted octanol–water partition coefficient (Wildman–Crippen LogP) is 3.26. The molecule has 0 amide bonds. The Morgan fingerprint density at radius 1 is 1.39 bits per heavy atom. The lowest BCUT2D eigenvalue weighted by molar-refractivity contribution is -0.108. The van der Waals surface area contributed by atoms with Crippen LogP contribution >= 0.6 is 0 Å². The second-order valence-corrected chi connectivity index (χ2v) is 4.63. The maximum absolute atomic E-state index is 10.5. The van der Waals surface area contributed by atoms with Gasteiger partial charge in [-0.15, -0.1) is 0 Å². The van der Waals surface area contributed by atoms with E-state index in [9.17, 15) is 4.79 Å². The fourth-order valence-corrected chi connectivity index (χ4v) is 2.37. The summed E-state index contributed by atoms with van der Waals surface area (Å²) in [6.45, 7) is 0.916. The van der Waals surface area contributed by atoms with Gasteiger partial charge in [0.2, 0.25) is 0 Å². The molecule has 0 spiro atoms. The summed E-state index contributed by atoms with van der Waals surface area (Å²) < 4.78 is 9.97. The van der Waals surface area contributed by atoms with Crippen molar-refractivity contribution in [2.45, 2.75) is 38.5 Å². The van der Waals surface area contributed by atoms with Crippen molar-refractivity contribution >= 4 is 6.29 Å². The van der Waals surface area contributed by atoms with E-state index in [-0.39, 0.29) is 0 Å². The minimum absolute atomic E-state index is 0.336. The van der Waals surface area contributed by atoms with E-state index in [1.807, 2.05) is 6.08 Å². The van der Waals surface area contributed by atoms with Crippen LogP contribution in [0.25, 0.3) is 0 Å². The van der Waals surface area contributed by atoms with Gasteiger partial charge in [-0.25, -0.2) is 0 Å². The number of carbonyl (C=O) groups excluding carboxylic acids is 1. The number of carbonyl (C=O) groups is 1. The molecule has 1 rings (SSSR count). The standard InChI is InChI=1S/C15H24O3/c1-17-13-18-12-5-4-9-14-7-2-3-8-15(14)10-6-11-16/h4-5,9,11,15H,2-3,6-8,10,12-13H2,1H3/b5-4+,14-9+. The summed E-state index contributed by atoms with van der Waals surface area (Å²) >= 11 is 0. The van der Waals surface area contributed by atoms with Crippen LogP contribution in [0.5, 0.6) is 0 Å². The van der Waals surface area contributed by atoms with Gasteiger partial charge in [0, 0.05) is 13.5 Å². The van der Waals surface area contributed by atoms with Crippen molar-refractivity contribution in [1.82, 2.24) is 0 Å². The van der Waals surface area contributed by atoms with Crippen molar-refractivity contribution in [3.05, 3.63) is 23.8 Å². The molecule has 1 unspecified atom stereocenters. The van der Waals surface area contributed by atoms with Gasteiger partial charge in [-0.1, -0.05) is 30.2 Å². The lowest BCUT2D eigenvalue weighted by Gasteiger charge is -2.24. The molecule has 0 radical (unpaired) electrons. The largest absolute Gasteiger partial charge is 0.359 e. The zero-order chi connectivity index (χ0) is 13.1. The normalized spacial score (nSPS) is 22.7. The third-order valence-electron chi connectivity index (χ3n) is 3.29. The Morgan fingerprint density at radius 2 is 2.28 bits per heavy atom. The molecule has 1 saturated carbocycles. The number of allylic oxidation sites excluding steroid dienone is 3. The van der Waals surface area contributed by atoms with Crippen molar-refractivity contribution in [1.29, 1.82) is 0 Å². The highest BCUT2D eigenvalue weighted by atomic mass is 16.7. The van der Waals surface area contributed by atoms with Gasteiger partial charge in [0.1, 0.15) is 13.1 Å².